The van der Waals surface area contributed by atoms with Gasteiger partial charge in [0.15, 0.2) is 0 Å². The number of nitrogens with two attached hydrogens (primary N) is 1. The Morgan fingerprint density at radius 2 is 1.47 bits per heavy atom. The average molecular weight is 241 g/mol. The molecule has 1 rings (SSSR count). The Kier molecular flexibility index (Phi) is 3.54. The van der Waals surface area contributed by atoms with Crippen LogP contribution in [0.15, 0.2) is 12.1 Å². The number of phenols is 3. The zero-order chi connectivity index (χ0) is 13.4. The van der Waals surface area contributed by atoms with Crippen molar-refractivity contribution in [2.75, 3.05) is 0 Å². The van der Waals surface area contributed by atoms with Crippen molar-refractivity contribution in [3.63, 3.8) is 0 Å². The largest absolute Gasteiger partial charge is 0.508 e. The van der Waals surface area contributed by atoms with Gasteiger partial charge in [-0.25, -0.2) is 0 Å². The van der Waals surface area contributed by atoms with Crippen LogP contribution in [0.5, 0.6) is 17.2 Å². The fraction of sp³-hybridized carbons (Fsp3) is 0.500. The topological polar surface area (TPSA) is 107 Å². The van der Waals surface area contributed by atoms with Gasteiger partial charge in [-0.2, -0.15) is 0 Å². The summed E-state index contributed by atoms with van der Waals surface area (Å²) in [5, 5.41) is 38.5. The van der Waals surface area contributed by atoms with Crippen LogP contribution >= 0.6 is 0 Å². The van der Waals surface area contributed by atoms with E-state index in [1.54, 1.807) is 20.8 Å². The predicted molar refractivity (Wildman–Crippen MR) is 63.8 cm³/mol. The third kappa shape index (κ3) is 2.81. The minimum atomic E-state index is -0.941. The lowest BCUT2D eigenvalue weighted by Gasteiger charge is -2.31. The highest BCUT2D eigenvalue weighted by Crippen LogP contribution is 2.39. The molecule has 96 valence electrons. The van der Waals surface area contributed by atoms with Crippen LogP contribution in [-0.4, -0.2) is 26.5 Å². The van der Waals surface area contributed by atoms with E-state index >= 15 is 0 Å². The van der Waals surface area contributed by atoms with Gasteiger partial charge in [0.25, 0.3) is 0 Å². The zero-order valence-electron chi connectivity index (χ0n) is 10.2. The lowest BCUT2D eigenvalue weighted by Crippen LogP contribution is -2.37. The number of phenolic OH excluding ortho intramolecular Hbond substituents is 3. The Morgan fingerprint density at radius 1 is 1.06 bits per heavy atom. The first kappa shape index (κ1) is 13.6. The highest BCUT2D eigenvalue weighted by atomic mass is 16.3. The molecule has 5 heteroatoms. The standard InChI is InChI=1S/C12H19NO4/c1-12(2,3)11(17)10(13)9-7(15)4-6(14)5-8(9)16/h4-5,10-11,14-17H,13H2,1-3H3/t10-,11-/m1/s1. The maximum atomic E-state index is 10.0. The third-order valence-corrected chi connectivity index (χ3v) is 2.68. The molecule has 0 aliphatic carbocycles. The van der Waals surface area contributed by atoms with E-state index in [2.05, 4.69) is 0 Å². The summed E-state index contributed by atoms with van der Waals surface area (Å²) in [6.07, 6.45) is -0.941. The minimum absolute atomic E-state index is 0.0326. The van der Waals surface area contributed by atoms with Gasteiger partial charge < -0.3 is 26.2 Å². The molecule has 0 fully saturated rings. The summed E-state index contributed by atoms with van der Waals surface area (Å²) in [5.41, 5.74) is 5.37. The second-order valence-electron chi connectivity index (χ2n) is 5.23. The lowest BCUT2D eigenvalue weighted by molar-refractivity contribution is 0.0388. The van der Waals surface area contributed by atoms with Gasteiger partial charge in [0.2, 0.25) is 0 Å². The first-order valence-corrected chi connectivity index (χ1v) is 5.33. The van der Waals surface area contributed by atoms with Gasteiger partial charge in [-0.1, -0.05) is 20.8 Å². The van der Waals surface area contributed by atoms with Crippen molar-refractivity contribution in [2.24, 2.45) is 11.1 Å². The monoisotopic (exact) mass is 241 g/mol. The number of benzene rings is 1. The summed E-state index contributed by atoms with van der Waals surface area (Å²) in [5.74, 6) is -0.933. The smallest absolute Gasteiger partial charge is 0.127 e. The molecule has 0 spiro atoms. The van der Waals surface area contributed by atoms with Gasteiger partial charge in [0, 0.05) is 12.1 Å². The molecule has 1 aromatic rings. The number of aliphatic hydroxyl groups excluding tert-OH is 1. The molecule has 0 aliphatic heterocycles. The number of rotatable bonds is 2. The second-order valence-corrected chi connectivity index (χ2v) is 5.23. The van der Waals surface area contributed by atoms with Gasteiger partial charge in [-0.05, 0) is 5.41 Å². The van der Waals surface area contributed by atoms with Crippen LogP contribution in [0.2, 0.25) is 0 Å². The predicted octanol–water partition coefficient (Wildman–Crippen LogP) is 1.21. The minimum Gasteiger partial charge on any atom is -0.508 e. The van der Waals surface area contributed by atoms with Crippen LogP contribution in [0.3, 0.4) is 0 Å². The summed E-state index contributed by atoms with van der Waals surface area (Å²) in [6, 6.07) is 1.21. The van der Waals surface area contributed by atoms with E-state index < -0.39 is 17.6 Å². The Balaban J connectivity index is 3.17. The Morgan fingerprint density at radius 3 is 1.82 bits per heavy atom. The number of hydrogen-bond donors (Lipinski definition) is 5. The molecular formula is C12H19NO4. The molecule has 2 atom stereocenters. The van der Waals surface area contributed by atoms with Gasteiger partial charge in [-0.15, -0.1) is 0 Å². The summed E-state index contributed by atoms with van der Waals surface area (Å²) < 4.78 is 0. The van der Waals surface area contributed by atoms with Crippen molar-refractivity contribution in [1.82, 2.24) is 0 Å². The summed E-state index contributed by atoms with van der Waals surface area (Å²) in [7, 11) is 0. The molecule has 0 bridgehead atoms. The van der Waals surface area contributed by atoms with E-state index in [1.165, 1.54) is 0 Å². The molecule has 6 N–H and O–H groups in total. The van der Waals surface area contributed by atoms with Crippen LogP contribution in [0, 0.1) is 5.41 Å². The highest BCUT2D eigenvalue weighted by molar-refractivity contribution is 5.50. The molecule has 0 amide bonds. The molecule has 1 aromatic carbocycles. The molecule has 0 saturated heterocycles. The van der Waals surface area contributed by atoms with Crippen LogP contribution in [0.1, 0.15) is 32.4 Å². The Labute approximate surface area is 100 Å². The van der Waals surface area contributed by atoms with Gasteiger partial charge in [0.05, 0.1) is 17.7 Å². The molecule has 0 saturated carbocycles. The molecule has 0 radical (unpaired) electrons. The van der Waals surface area contributed by atoms with E-state index in [0.717, 1.165) is 12.1 Å². The maximum Gasteiger partial charge on any atom is 0.127 e. The van der Waals surface area contributed by atoms with Gasteiger partial charge in [0.1, 0.15) is 17.2 Å². The number of aromatic hydroxyl groups is 3. The first-order valence-electron chi connectivity index (χ1n) is 5.33. The highest BCUT2D eigenvalue weighted by Gasteiger charge is 2.32. The van der Waals surface area contributed by atoms with Crippen LogP contribution < -0.4 is 5.73 Å². The van der Waals surface area contributed by atoms with E-state index in [9.17, 15) is 20.4 Å². The van der Waals surface area contributed by atoms with E-state index in [4.69, 9.17) is 5.73 Å². The third-order valence-electron chi connectivity index (χ3n) is 2.68. The quantitative estimate of drug-likeness (QED) is 0.535. The van der Waals surface area contributed by atoms with Gasteiger partial charge >= 0.3 is 0 Å². The molecule has 5 nitrogen and oxygen atoms in total. The Hall–Kier alpha value is -1.46. The zero-order valence-corrected chi connectivity index (χ0v) is 10.2. The van der Waals surface area contributed by atoms with E-state index in [0.29, 0.717) is 0 Å². The van der Waals surface area contributed by atoms with Crippen molar-refractivity contribution in [3.8, 4) is 17.2 Å². The second kappa shape index (κ2) is 4.43. The fourth-order valence-corrected chi connectivity index (χ4v) is 1.65. The molecule has 0 aromatic heterocycles. The average Bonchev–Trinajstić information content (AvgIpc) is 2.13. The summed E-state index contributed by atoms with van der Waals surface area (Å²) >= 11 is 0. The number of aliphatic hydroxyl groups is 1. The van der Waals surface area contributed by atoms with Crippen molar-refractivity contribution in [2.45, 2.75) is 32.9 Å². The van der Waals surface area contributed by atoms with Gasteiger partial charge in [-0.3, -0.25) is 0 Å². The van der Waals surface area contributed by atoms with Crippen molar-refractivity contribution in [1.29, 1.82) is 0 Å². The van der Waals surface area contributed by atoms with Crippen molar-refractivity contribution < 1.29 is 20.4 Å². The number of hydrogen-bond acceptors (Lipinski definition) is 5. The van der Waals surface area contributed by atoms with Crippen molar-refractivity contribution in [3.05, 3.63) is 17.7 Å². The fourth-order valence-electron chi connectivity index (χ4n) is 1.65. The van der Waals surface area contributed by atoms with E-state index in [-0.39, 0.29) is 22.8 Å². The molecular weight excluding hydrogens is 222 g/mol. The molecule has 0 heterocycles. The SMILES string of the molecule is CC(C)(C)[C@H](O)[C@H](N)c1c(O)cc(O)cc1O. The first-order chi connectivity index (χ1) is 7.64. The lowest BCUT2D eigenvalue weighted by atomic mass is 9.82. The van der Waals surface area contributed by atoms with Crippen molar-refractivity contribution >= 4 is 0 Å². The van der Waals surface area contributed by atoms with Crippen LogP contribution in [0.25, 0.3) is 0 Å². The summed E-state index contributed by atoms with van der Waals surface area (Å²) in [6.45, 7) is 5.39. The normalized spacial score (nSPS) is 15.6. The molecule has 0 aliphatic rings. The Bertz CT molecular complexity index is 388. The molecule has 0 unspecified atom stereocenters. The maximum absolute atomic E-state index is 10.0. The summed E-state index contributed by atoms with van der Waals surface area (Å²) in [4.78, 5) is 0. The molecule has 17 heavy (non-hydrogen) atoms. The van der Waals surface area contributed by atoms with Crippen LogP contribution in [0.4, 0.5) is 0 Å². The van der Waals surface area contributed by atoms with Crippen LogP contribution in [-0.2, 0) is 0 Å². The van der Waals surface area contributed by atoms with E-state index in [1.807, 2.05) is 0 Å².